The number of amides is 1. The Labute approximate surface area is 187 Å². The van der Waals surface area contributed by atoms with E-state index in [2.05, 4.69) is 33.7 Å². The van der Waals surface area contributed by atoms with Gasteiger partial charge in [-0.15, -0.1) is 0 Å². The molecule has 7 heteroatoms. The zero-order valence-corrected chi connectivity index (χ0v) is 18.8. The van der Waals surface area contributed by atoms with E-state index in [9.17, 15) is 4.79 Å². The van der Waals surface area contributed by atoms with Gasteiger partial charge in [-0.1, -0.05) is 12.1 Å². The number of hydrogen-bond acceptors (Lipinski definition) is 4. The molecule has 3 N–H and O–H groups in total. The van der Waals surface area contributed by atoms with Crippen LogP contribution in [-0.4, -0.2) is 25.5 Å². The van der Waals surface area contributed by atoms with Crippen LogP contribution in [0.2, 0.25) is 0 Å². The largest absolute Gasteiger partial charge is 0.346 e. The van der Waals surface area contributed by atoms with Crippen molar-refractivity contribution in [1.29, 1.82) is 0 Å². The Hall–Kier alpha value is -3.71. The molecule has 2 aromatic carbocycles. The van der Waals surface area contributed by atoms with Crippen molar-refractivity contribution in [2.75, 3.05) is 0 Å². The van der Waals surface area contributed by atoms with Gasteiger partial charge in [-0.05, 0) is 66.4 Å². The fourth-order valence-electron chi connectivity index (χ4n) is 3.84. The molecule has 0 aliphatic rings. The highest BCUT2D eigenvalue weighted by Crippen LogP contribution is 2.30. The van der Waals surface area contributed by atoms with Crippen molar-refractivity contribution in [3.8, 4) is 22.4 Å². The number of nitrogens with two attached hydrogens (primary N) is 1. The van der Waals surface area contributed by atoms with E-state index < -0.39 is 0 Å². The molecule has 0 bridgehead atoms. The number of hydrogen-bond donors (Lipinski definition) is 2. The number of nitrogens with zero attached hydrogens (tertiary/aromatic N) is 4. The molecule has 2 aromatic heterocycles. The smallest absolute Gasteiger partial charge is 0.252 e. The molecule has 0 saturated heterocycles. The molecule has 1 amide bonds. The van der Waals surface area contributed by atoms with Crippen LogP contribution in [0.15, 0.2) is 61.1 Å². The Balaban J connectivity index is 1.70. The molecular weight excluding hydrogens is 400 g/mol. The van der Waals surface area contributed by atoms with Gasteiger partial charge in [-0.3, -0.25) is 14.2 Å². The minimum atomic E-state index is -0.202. The molecular formula is C25H28N6O. The van der Waals surface area contributed by atoms with E-state index >= 15 is 0 Å². The first-order valence-corrected chi connectivity index (χ1v) is 10.6. The molecule has 2 heterocycles. The standard InChI is InChI=1S/C25H28N6O/c1-16-5-6-18(13-26)9-23(16)25(32)29-17(2)19-10-20(22-14-28-30(3)15-22)12-21(11-19)24-7-8-27-31(24)4/h5-12,14-15,17H,13,26H2,1-4H3,(H,29,32)/t17-/m1/s1. The summed E-state index contributed by atoms with van der Waals surface area (Å²) in [5.74, 6) is -0.112. The van der Waals surface area contributed by atoms with Crippen molar-refractivity contribution in [2.24, 2.45) is 19.8 Å². The minimum absolute atomic E-state index is 0.112. The molecule has 32 heavy (non-hydrogen) atoms. The van der Waals surface area contributed by atoms with Crippen LogP contribution in [0.5, 0.6) is 0 Å². The van der Waals surface area contributed by atoms with Gasteiger partial charge >= 0.3 is 0 Å². The van der Waals surface area contributed by atoms with E-state index in [1.54, 1.807) is 10.9 Å². The molecule has 0 unspecified atom stereocenters. The van der Waals surface area contributed by atoms with E-state index in [4.69, 9.17) is 5.73 Å². The summed E-state index contributed by atoms with van der Waals surface area (Å²) in [5.41, 5.74) is 13.4. The Bertz CT molecular complexity index is 1270. The summed E-state index contributed by atoms with van der Waals surface area (Å²) in [5, 5.41) is 11.8. The SMILES string of the molecule is Cc1ccc(CN)cc1C(=O)N[C@H](C)c1cc(-c2cnn(C)c2)cc(-c2ccnn2C)c1. The lowest BCUT2D eigenvalue weighted by Crippen LogP contribution is -2.27. The van der Waals surface area contributed by atoms with Crippen molar-refractivity contribution < 1.29 is 4.79 Å². The highest BCUT2D eigenvalue weighted by atomic mass is 16.1. The molecule has 0 aliphatic carbocycles. The third kappa shape index (κ3) is 4.33. The molecule has 0 radical (unpaired) electrons. The number of carbonyl (C=O) groups excluding carboxylic acids is 1. The Morgan fingerprint density at radius 2 is 1.84 bits per heavy atom. The predicted molar refractivity (Wildman–Crippen MR) is 126 cm³/mol. The lowest BCUT2D eigenvalue weighted by atomic mass is 9.96. The molecule has 4 rings (SSSR count). The van der Waals surface area contributed by atoms with Crippen molar-refractivity contribution in [1.82, 2.24) is 24.9 Å². The quantitative estimate of drug-likeness (QED) is 0.489. The van der Waals surface area contributed by atoms with Gasteiger partial charge in [0.05, 0.1) is 17.9 Å². The topological polar surface area (TPSA) is 90.8 Å². The van der Waals surface area contributed by atoms with Gasteiger partial charge in [0.15, 0.2) is 0 Å². The van der Waals surface area contributed by atoms with Crippen LogP contribution in [0.3, 0.4) is 0 Å². The number of rotatable bonds is 6. The van der Waals surface area contributed by atoms with E-state index in [1.807, 2.05) is 69.3 Å². The van der Waals surface area contributed by atoms with Crippen molar-refractivity contribution >= 4 is 5.91 Å². The van der Waals surface area contributed by atoms with Gasteiger partial charge in [0.2, 0.25) is 0 Å². The van der Waals surface area contributed by atoms with Gasteiger partial charge in [0.25, 0.3) is 5.91 Å². The van der Waals surface area contributed by atoms with E-state index in [1.165, 1.54) is 0 Å². The summed E-state index contributed by atoms with van der Waals surface area (Å²) in [4.78, 5) is 13.1. The van der Waals surface area contributed by atoms with E-state index in [0.717, 1.165) is 39.1 Å². The average molecular weight is 429 g/mol. The molecule has 1 atom stereocenters. The van der Waals surface area contributed by atoms with Crippen LogP contribution in [-0.2, 0) is 20.6 Å². The summed E-state index contributed by atoms with van der Waals surface area (Å²) in [7, 11) is 3.82. The number of benzene rings is 2. The maximum absolute atomic E-state index is 13.1. The first kappa shape index (κ1) is 21.5. The predicted octanol–water partition coefficient (Wildman–Crippen LogP) is 3.75. The van der Waals surface area contributed by atoms with Gasteiger partial charge < -0.3 is 11.1 Å². The van der Waals surface area contributed by atoms with Crippen LogP contribution < -0.4 is 11.1 Å². The van der Waals surface area contributed by atoms with Crippen LogP contribution in [0.25, 0.3) is 22.4 Å². The van der Waals surface area contributed by atoms with Gasteiger partial charge in [-0.25, -0.2) is 0 Å². The van der Waals surface area contributed by atoms with Crippen molar-refractivity contribution in [3.63, 3.8) is 0 Å². The highest BCUT2D eigenvalue weighted by molar-refractivity contribution is 5.96. The van der Waals surface area contributed by atoms with Crippen LogP contribution in [0.4, 0.5) is 0 Å². The number of nitrogens with one attached hydrogen (secondary N) is 1. The fourth-order valence-corrected chi connectivity index (χ4v) is 3.84. The molecule has 164 valence electrons. The van der Waals surface area contributed by atoms with E-state index in [0.29, 0.717) is 12.1 Å². The van der Waals surface area contributed by atoms with Gasteiger partial charge in [-0.2, -0.15) is 10.2 Å². The zero-order chi connectivity index (χ0) is 22.8. The molecule has 0 fully saturated rings. The lowest BCUT2D eigenvalue weighted by Gasteiger charge is -2.18. The lowest BCUT2D eigenvalue weighted by molar-refractivity contribution is 0.0939. The van der Waals surface area contributed by atoms with E-state index in [-0.39, 0.29) is 11.9 Å². The van der Waals surface area contributed by atoms with Crippen LogP contribution in [0, 0.1) is 6.92 Å². The monoisotopic (exact) mass is 428 g/mol. The Kier molecular flexibility index (Phi) is 5.92. The zero-order valence-electron chi connectivity index (χ0n) is 18.8. The second kappa shape index (κ2) is 8.80. The Morgan fingerprint density at radius 1 is 1.06 bits per heavy atom. The van der Waals surface area contributed by atoms with Crippen LogP contribution in [0.1, 0.15) is 40.0 Å². The maximum atomic E-state index is 13.1. The minimum Gasteiger partial charge on any atom is -0.346 e. The summed E-state index contributed by atoms with van der Waals surface area (Å²) >= 11 is 0. The maximum Gasteiger partial charge on any atom is 0.252 e. The summed E-state index contributed by atoms with van der Waals surface area (Å²) in [6, 6.07) is 13.9. The van der Waals surface area contributed by atoms with Crippen molar-refractivity contribution in [3.05, 3.63) is 83.3 Å². The third-order valence-electron chi connectivity index (χ3n) is 5.74. The molecule has 0 spiro atoms. The first-order chi connectivity index (χ1) is 15.4. The second-order valence-corrected chi connectivity index (χ2v) is 8.13. The first-order valence-electron chi connectivity index (χ1n) is 10.6. The third-order valence-corrected chi connectivity index (χ3v) is 5.74. The highest BCUT2D eigenvalue weighted by Gasteiger charge is 2.17. The number of aryl methyl sites for hydroxylation is 3. The molecule has 0 saturated carbocycles. The van der Waals surface area contributed by atoms with Gasteiger partial charge in [0, 0.05) is 49.7 Å². The second-order valence-electron chi connectivity index (χ2n) is 8.13. The molecule has 7 nitrogen and oxygen atoms in total. The average Bonchev–Trinajstić information content (AvgIpc) is 3.41. The van der Waals surface area contributed by atoms with Crippen molar-refractivity contribution in [2.45, 2.75) is 26.4 Å². The summed E-state index contributed by atoms with van der Waals surface area (Å²) in [6.45, 7) is 4.33. The Morgan fingerprint density at radius 3 is 2.50 bits per heavy atom. The number of aromatic nitrogens is 4. The normalized spacial score (nSPS) is 12.0. The number of carbonyl (C=O) groups is 1. The van der Waals surface area contributed by atoms with Gasteiger partial charge in [0.1, 0.15) is 0 Å². The molecule has 4 aromatic rings. The van der Waals surface area contributed by atoms with Crippen LogP contribution >= 0.6 is 0 Å². The summed E-state index contributed by atoms with van der Waals surface area (Å²) in [6.07, 6.45) is 5.61. The fraction of sp³-hybridized carbons (Fsp3) is 0.240. The molecule has 0 aliphatic heterocycles. The summed E-state index contributed by atoms with van der Waals surface area (Å²) < 4.78 is 3.63.